The molecule has 8 nitrogen and oxygen atoms in total. The number of rotatable bonds is 5. The van der Waals surface area contributed by atoms with Crippen molar-refractivity contribution in [3.8, 4) is 11.5 Å². The van der Waals surface area contributed by atoms with Gasteiger partial charge in [0.1, 0.15) is 0 Å². The second-order valence-electron chi connectivity index (χ2n) is 8.73. The summed E-state index contributed by atoms with van der Waals surface area (Å²) in [6.07, 6.45) is 0. The molecule has 0 fully saturated rings. The van der Waals surface area contributed by atoms with E-state index in [0.29, 0.717) is 34.3 Å². The Bertz CT molecular complexity index is 1550. The monoisotopic (exact) mass is 467 g/mol. The van der Waals surface area contributed by atoms with Crippen molar-refractivity contribution in [2.75, 3.05) is 11.9 Å². The van der Waals surface area contributed by atoms with Crippen molar-refractivity contribution in [1.29, 1.82) is 0 Å². The van der Waals surface area contributed by atoms with E-state index < -0.39 is 11.5 Å². The summed E-state index contributed by atoms with van der Waals surface area (Å²) in [6.45, 7) is 4.18. The van der Waals surface area contributed by atoms with E-state index in [1.807, 2.05) is 13.8 Å². The summed E-state index contributed by atoms with van der Waals surface area (Å²) >= 11 is 0. The smallest absolute Gasteiger partial charge is 0.347 e. The van der Waals surface area contributed by atoms with Crippen LogP contribution in [0.15, 0.2) is 75.9 Å². The molecule has 1 aromatic heterocycles. The number of carbonyl (C=O) groups excluding carboxylic acids is 3. The molecule has 3 amide bonds. The number of imide groups is 1. The van der Waals surface area contributed by atoms with E-state index in [0.717, 1.165) is 0 Å². The standard InChI is InChI=1S/C27H21N3O5/c1-15(2)14-30-25(32)19-12-9-17(13-21(19)26(30)33)23(31)28-18-10-7-16(8-11-18)24-29-22-6-4-3-5-20(22)27(34)35-24/h3-13,15H,14H2,1-2H3,(H,28,31). The summed E-state index contributed by atoms with van der Waals surface area (Å²) in [5.41, 5.74) is 1.95. The lowest BCUT2D eigenvalue weighted by atomic mass is 10.1. The third-order valence-electron chi connectivity index (χ3n) is 5.71. The highest BCUT2D eigenvalue weighted by Gasteiger charge is 2.36. The highest BCUT2D eigenvalue weighted by atomic mass is 16.4. The van der Waals surface area contributed by atoms with Gasteiger partial charge in [-0.25, -0.2) is 9.78 Å². The summed E-state index contributed by atoms with van der Waals surface area (Å²) in [5, 5.41) is 3.18. The first-order valence-electron chi connectivity index (χ1n) is 11.1. The average molecular weight is 467 g/mol. The van der Waals surface area contributed by atoms with Crippen molar-refractivity contribution in [1.82, 2.24) is 9.88 Å². The van der Waals surface area contributed by atoms with Crippen LogP contribution in [-0.4, -0.2) is 34.2 Å². The second kappa shape index (κ2) is 8.64. The number of benzene rings is 3. The molecular weight excluding hydrogens is 446 g/mol. The molecule has 0 unspecified atom stereocenters. The zero-order chi connectivity index (χ0) is 24.7. The minimum Gasteiger partial charge on any atom is -0.403 e. The summed E-state index contributed by atoms with van der Waals surface area (Å²) in [7, 11) is 0. The van der Waals surface area contributed by atoms with E-state index >= 15 is 0 Å². The van der Waals surface area contributed by atoms with Gasteiger partial charge in [0.05, 0.1) is 22.0 Å². The van der Waals surface area contributed by atoms with Gasteiger partial charge in [-0.3, -0.25) is 19.3 Å². The molecule has 1 aliphatic heterocycles. The molecule has 8 heteroatoms. The fraction of sp³-hybridized carbons (Fsp3) is 0.148. The van der Waals surface area contributed by atoms with Gasteiger partial charge >= 0.3 is 5.63 Å². The Morgan fingerprint density at radius 3 is 2.40 bits per heavy atom. The van der Waals surface area contributed by atoms with Crippen molar-refractivity contribution in [2.24, 2.45) is 5.92 Å². The number of hydrogen-bond donors (Lipinski definition) is 1. The highest BCUT2D eigenvalue weighted by molar-refractivity contribution is 6.22. The molecule has 2 heterocycles. The minimum atomic E-state index is -0.473. The van der Waals surface area contributed by atoms with Gasteiger partial charge in [0.2, 0.25) is 5.89 Å². The lowest BCUT2D eigenvalue weighted by molar-refractivity contribution is 0.0636. The number of fused-ring (bicyclic) bond motifs is 2. The molecule has 35 heavy (non-hydrogen) atoms. The van der Waals surface area contributed by atoms with E-state index in [1.165, 1.54) is 23.1 Å². The van der Waals surface area contributed by atoms with Gasteiger partial charge in [-0.1, -0.05) is 26.0 Å². The first-order chi connectivity index (χ1) is 16.8. The molecule has 5 rings (SSSR count). The first kappa shape index (κ1) is 22.2. The van der Waals surface area contributed by atoms with Gasteiger partial charge in [-0.15, -0.1) is 0 Å². The number of anilines is 1. The Morgan fingerprint density at radius 2 is 1.66 bits per heavy atom. The fourth-order valence-electron chi connectivity index (χ4n) is 4.00. The lowest BCUT2D eigenvalue weighted by Gasteiger charge is -2.15. The molecule has 0 spiro atoms. The third-order valence-corrected chi connectivity index (χ3v) is 5.71. The Morgan fingerprint density at radius 1 is 0.943 bits per heavy atom. The van der Waals surface area contributed by atoms with Gasteiger partial charge in [0.25, 0.3) is 17.7 Å². The number of nitrogens with one attached hydrogen (secondary N) is 1. The summed E-state index contributed by atoms with van der Waals surface area (Å²) in [5.74, 6) is -0.823. The summed E-state index contributed by atoms with van der Waals surface area (Å²) in [6, 6.07) is 18.1. The molecule has 0 aliphatic carbocycles. The number of nitrogens with zero attached hydrogens (tertiary/aromatic N) is 2. The van der Waals surface area contributed by atoms with Crippen molar-refractivity contribution >= 4 is 34.3 Å². The third kappa shape index (κ3) is 4.10. The van der Waals surface area contributed by atoms with Crippen LogP contribution in [0.1, 0.15) is 44.9 Å². The van der Waals surface area contributed by atoms with Crippen molar-refractivity contribution in [2.45, 2.75) is 13.8 Å². The normalized spacial score (nSPS) is 12.9. The van der Waals surface area contributed by atoms with Crippen molar-refractivity contribution in [3.05, 3.63) is 93.8 Å². The molecule has 0 atom stereocenters. The van der Waals surface area contributed by atoms with Gasteiger partial charge in [0, 0.05) is 23.4 Å². The largest absolute Gasteiger partial charge is 0.403 e. The molecule has 0 saturated carbocycles. The van der Waals surface area contributed by atoms with Crippen LogP contribution in [-0.2, 0) is 0 Å². The van der Waals surface area contributed by atoms with Crippen LogP contribution >= 0.6 is 0 Å². The first-order valence-corrected chi connectivity index (χ1v) is 11.1. The van der Waals surface area contributed by atoms with Crippen LogP contribution in [0.2, 0.25) is 0 Å². The molecule has 3 aromatic carbocycles. The van der Waals surface area contributed by atoms with Gasteiger partial charge in [-0.05, 0) is 60.5 Å². The molecule has 4 aromatic rings. The molecule has 174 valence electrons. The summed E-state index contributed by atoms with van der Waals surface area (Å²) in [4.78, 5) is 55.9. The van der Waals surface area contributed by atoms with Crippen LogP contribution in [0.5, 0.6) is 0 Å². The SMILES string of the molecule is CC(C)CN1C(=O)c2ccc(C(=O)Nc3ccc(-c4nc5ccccc5c(=O)o4)cc3)cc2C1=O. The number of para-hydroxylation sites is 1. The number of hydrogen-bond acceptors (Lipinski definition) is 6. The maximum Gasteiger partial charge on any atom is 0.347 e. The minimum absolute atomic E-state index is 0.140. The maximum absolute atomic E-state index is 12.8. The van der Waals surface area contributed by atoms with E-state index in [2.05, 4.69) is 10.3 Å². The molecule has 0 saturated heterocycles. The van der Waals surface area contributed by atoms with E-state index in [4.69, 9.17) is 4.42 Å². The van der Waals surface area contributed by atoms with Crippen LogP contribution < -0.4 is 10.9 Å². The van der Waals surface area contributed by atoms with Crippen molar-refractivity contribution in [3.63, 3.8) is 0 Å². The average Bonchev–Trinajstić information content (AvgIpc) is 3.08. The van der Waals surface area contributed by atoms with Crippen LogP contribution in [0.25, 0.3) is 22.4 Å². The van der Waals surface area contributed by atoms with Crippen molar-refractivity contribution < 1.29 is 18.8 Å². The van der Waals surface area contributed by atoms with E-state index in [-0.39, 0.29) is 34.7 Å². The molecular formula is C27H21N3O5. The van der Waals surface area contributed by atoms with Crippen LogP contribution in [0.3, 0.4) is 0 Å². The quantitative estimate of drug-likeness (QED) is 0.437. The Balaban J connectivity index is 1.35. The van der Waals surface area contributed by atoms with E-state index in [1.54, 1.807) is 48.5 Å². The zero-order valence-electron chi connectivity index (χ0n) is 19.1. The number of amides is 3. The van der Waals surface area contributed by atoms with Gasteiger partial charge in [0.15, 0.2) is 0 Å². The van der Waals surface area contributed by atoms with E-state index in [9.17, 15) is 19.2 Å². The predicted molar refractivity (Wildman–Crippen MR) is 130 cm³/mol. The Hall–Kier alpha value is -4.59. The zero-order valence-corrected chi connectivity index (χ0v) is 19.1. The number of carbonyl (C=O) groups is 3. The predicted octanol–water partition coefficient (Wildman–Crippen LogP) is 4.36. The Labute approximate surface area is 200 Å². The van der Waals surface area contributed by atoms with Gasteiger partial charge < -0.3 is 9.73 Å². The second-order valence-corrected chi connectivity index (χ2v) is 8.73. The summed E-state index contributed by atoms with van der Waals surface area (Å²) < 4.78 is 5.34. The number of aromatic nitrogens is 1. The van der Waals surface area contributed by atoms with Gasteiger partial charge in [-0.2, -0.15) is 0 Å². The highest BCUT2D eigenvalue weighted by Crippen LogP contribution is 2.26. The molecule has 1 aliphatic rings. The van der Waals surface area contributed by atoms with Crippen LogP contribution in [0.4, 0.5) is 5.69 Å². The van der Waals surface area contributed by atoms with Crippen LogP contribution in [0, 0.1) is 5.92 Å². The molecule has 0 bridgehead atoms. The molecule has 1 N–H and O–H groups in total. The molecule has 0 radical (unpaired) electrons. The Kier molecular flexibility index (Phi) is 5.49. The maximum atomic E-state index is 12.8. The fourth-order valence-corrected chi connectivity index (χ4v) is 4.00. The topological polar surface area (TPSA) is 110 Å². The lowest BCUT2D eigenvalue weighted by Crippen LogP contribution is -2.33.